The van der Waals surface area contributed by atoms with E-state index in [1.165, 1.54) is 0 Å². The monoisotopic (exact) mass is 171 g/mol. The lowest BCUT2D eigenvalue weighted by Gasteiger charge is -2.12. The fourth-order valence-corrected chi connectivity index (χ4v) is 1.62. The largest absolute Gasteiger partial charge is 0.385 e. The molecular formula is C8H13NOS. The predicted molar refractivity (Wildman–Crippen MR) is 46.7 cm³/mol. The highest BCUT2D eigenvalue weighted by atomic mass is 32.1. The topological polar surface area (TPSA) is 33.1 Å². The fourth-order valence-electron chi connectivity index (χ4n) is 0.757. The van der Waals surface area contributed by atoms with Crippen LogP contribution in [0.25, 0.3) is 0 Å². The number of aromatic nitrogens is 1. The van der Waals surface area contributed by atoms with E-state index in [-0.39, 0.29) is 0 Å². The molecule has 0 aliphatic carbocycles. The van der Waals surface area contributed by atoms with Gasteiger partial charge in [0.15, 0.2) is 0 Å². The normalized spacial score (nSPS) is 12.0. The smallest absolute Gasteiger partial charge is 0.0948 e. The third kappa shape index (κ3) is 2.01. The molecule has 0 spiro atoms. The zero-order valence-corrected chi connectivity index (χ0v) is 7.90. The fraction of sp³-hybridized carbons (Fsp3) is 0.625. The van der Waals surface area contributed by atoms with Crippen LogP contribution < -0.4 is 0 Å². The van der Waals surface area contributed by atoms with Crippen LogP contribution in [0, 0.1) is 0 Å². The van der Waals surface area contributed by atoms with E-state index >= 15 is 0 Å². The molecule has 0 fully saturated rings. The Labute approximate surface area is 70.9 Å². The van der Waals surface area contributed by atoms with E-state index in [1.54, 1.807) is 31.4 Å². The zero-order chi connectivity index (χ0) is 8.48. The molecule has 0 saturated carbocycles. The average molecular weight is 171 g/mol. The Balaban J connectivity index is 2.89. The second-order valence-corrected chi connectivity index (χ2v) is 4.15. The van der Waals surface area contributed by atoms with Crippen molar-refractivity contribution in [3.63, 3.8) is 0 Å². The molecule has 0 saturated heterocycles. The number of nitrogens with zero attached hydrogens (tertiary/aromatic N) is 1. The first-order valence-electron chi connectivity index (χ1n) is 3.71. The summed E-state index contributed by atoms with van der Waals surface area (Å²) >= 11 is 1.58. The van der Waals surface area contributed by atoms with Crippen molar-refractivity contribution in [1.29, 1.82) is 0 Å². The first-order chi connectivity index (χ1) is 5.04. The maximum atomic E-state index is 9.57. The van der Waals surface area contributed by atoms with Crippen LogP contribution in [-0.4, -0.2) is 10.1 Å². The van der Waals surface area contributed by atoms with Gasteiger partial charge in [0.05, 0.1) is 15.5 Å². The first-order valence-corrected chi connectivity index (χ1v) is 4.53. The third-order valence-electron chi connectivity index (χ3n) is 1.46. The highest BCUT2D eigenvalue weighted by molar-refractivity contribution is 7.11. The Morgan fingerprint density at radius 1 is 1.64 bits per heavy atom. The predicted octanol–water partition coefficient (Wildman–Crippen LogP) is 1.93. The molecule has 0 radical (unpaired) electrons. The van der Waals surface area contributed by atoms with Crippen LogP contribution >= 0.6 is 11.3 Å². The van der Waals surface area contributed by atoms with Crippen molar-refractivity contribution >= 4 is 11.3 Å². The summed E-state index contributed by atoms with van der Waals surface area (Å²) in [5.74, 6) is 0. The van der Waals surface area contributed by atoms with Crippen molar-refractivity contribution < 1.29 is 5.11 Å². The Bertz CT molecular complexity index is 236. The van der Waals surface area contributed by atoms with E-state index < -0.39 is 5.60 Å². The number of hydrogen-bond donors (Lipinski definition) is 1. The highest BCUT2D eigenvalue weighted by Crippen LogP contribution is 2.25. The Kier molecular flexibility index (Phi) is 2.30. The Morgan fingerprint density at radius 2 is 2.27 bits per heavy atom. The van der Waals surface area contributed by atoms with Gasteiger partial charge in [-0.1, -0.05) is 6.92 Å². The molecule has 0 aromatic carbocycles. The minimum absolute atomic E-state index is 0.731. The van der Waals surface area contributed by atoms with Crippen LogP contribution in [0.3, 0.4) is 0 Å². The molecule has 1 aromatic heterocycles. The van der Waals surface area contributed by atoms with Crippen LogP contribution in [0.4, 0.5) is 0 Å². The maximum Gasteiger partial charge on any atom is 0.0948 e. The highest BCUT2D eigenvalue weighted by Gasteiger charge is 2.18. The summed E-state index contributed by atoms with van der Waals surface area (Å²) in [4.78, 5) is 5.10. The molecule has 0 bridgehead atoms. The summed E-state index contributed by atoms with van der Waals surface area (Å²) in [6, 6.07) is 0. The maximum absolute atomic E-state index is 9.57. The van der Waals surface area contributed by atoms with Gasteiger partial charge in [-0.25, -0.2) is 4.98 Å². The van der Waals surface area contributed by atoms with Gasteiger partial charge in [0.2, 0.25) is 0 Å². The van der Waals surface area contributed by atoms with Gasteiger partial charge in [-0.05, 0) is 20.3 Å². The molecule has 0 atom stereocenters. The van der Waals surface area contributed by atoms with Crippen molar-refractivity contribution in [2.45, 2.75) is 32.8 Å². The molecule has 1 aromatic rings. The molecule has 3 heteroatoms. The van der Waals surface area contributed by atoms with Crippen LogP contribution in [0.1, 0.15) is 30.7 Å². The molecule has 0 amide bonds. The molecule has 1 heterocycles. The Morgan fingerprint density at radius 3 is 2.55 bits per heavy atom. The lowest BCUT2D eigenvalue weighted by Crippen LogP contribution is -2.12. The second-order valence-electron chi connectivity index (χ2n) is 3.03. The summed E-state index contributed by atoms with van der Waals surface area (Å²) in [5, 5.41) is 10.7. The van der Waals surface area contributed by atoms with Gasteiger partial charge >= 0.3 is 0 Å². The summed E-state index contributed by atoms with van der Waals surface area (Å²) in [7, 11) is 0. The van der Waals surface area contributed by atoms with Crippen molar-refractivity contribution in [1.82, 2.24) is 4.98 Å². The van der Waals surface area contributed by atoms with Crippen molar-refractivity contribution in [2.24, 2.45) is 0 Å². The molecule has 2 nitrogen and oxygen atoms in total. The van der Waals surface area contributed by atoms with E-state index in [0.717, 1.165) is 16.3 Å². The first kappa shape index (κ1) is 8.68. The second kappa shape index (κ2) is 2.91. The number of rotatable bonds is 2. The number of aryl methyl sites for hydroxylation is 1. The van der Waals surface area contributed by atoms with E-state index in [1.807, 2.05) is 0 Å². The van der Waals surface area contributed by atoms with Gasteiger partial charge in [-0.15, -0.1) is 11.3 Å². The van der Waals surface area contributed by atoms with Crippen LogP contribution in [0.5, 0.6) is 0 Å². The van der Waals surface area contributed by atoms with Crippen molar-refractivity contribution in [3.8, 4) is 0 Å². The van der Waals surface area contributed by atoms with Gasteiger partial charge in [0.25, 0.3) is 0 Å². The summed E-state index contributed by atoms with van der Waals surface area (Å²) in [6.07, 6.45) is 2.70. The molecule has 0 aliphatic heterocycles. The number of hydrogen-bond acceptors (Lipinski definition) is 3. The van der Waals surface area contributed by atoms with Crippen LogP contribution in [0.15, 0.2) is 6.20 Å². The van der Waals surface area contributed by atoms with Crippen molar-refractivity contribution in [2.75, 3.05) is 0 Å². The van der Waals surface area contributed by atoms with Crippen molar-refractivity contribution in [3.05, 3.63) is 16.1 Å². The minimum atomic E-state index is -0.731. The molecule has 1 N–H and O–H groups in total. The van der Waals surface area contributed by atoms with E-state index in [4.69, 9.17) is 0 Å². The molecule has 0 aliphatic rings. The van der Waals surface area contributed by atoms with Gasteiger partial charge in [-0.2, -0.15) is 0 Å². The lowest BCUT2D eigenvalue weighted by molar-refractivity contribution is 0.0823. The molecule has 62 valence electrons. The molecule has 0 unspecified atom stereocenters. The molecule has 11 heavy (non-hydrogen) atoms. The molecule has 1 rings (SSSR count). The van der Waals surface area contributed by atoms with E-state index in [0.29, 0.717) is 0 Å². The standard InChI is InChI=1S/C8H13NOS/c1-4-7-9-5-6(11-7)8(2,3)10/h5,10H,4H2,1-3H3. The van der Waals surface area contributed by atoms with Crippen LogP contribution in [-0.2, 0) is 12.0 Å². The summed E-state index contributed by atoms with van der Waals surface area (Å²) < 4.78 is 0. The van der Waals surface area contributed by atoms with E-state index in [2.05, 4.69) is 11.9 Å². The van der Waals surface area contributed by atoms with Gasteiger partial charge in [0, 0.05) is 6.20 Å². The zero-order valence-electron chi connectivity index (χ0n) is 7.09. The van der Waals surface area contributed by atoms with Gasteiger partial charge in [0.1, 0.15) is 0 Å². The van der Waals surface area contributed by atoms with Gasteiger partial charge < -0.3 is 5.11 Å². The van der Waals surface area contributed by atoms with Crippen LogP contribution in [0.2, 0.25) is 0 Å². The quantitative estimate of drug-likeness (QED) is 0.737. The third-order valence-corrected chi connectivity index (χ3v) is 2.91. The SMILES string of the molecule is CCc1ncc(C(C)(C)O)s1. The Hall–Kier alpha value is -0.410. The number of aliphatic hydroxyl groups is 1. The van der Waals surface area contributed by atoms with E-state index in [9.17, 15) is 5.11 Å². The lowest BCUT2D eigenvalue weighted by atomic mass is 10.1. The minimum Gasteiger partial charge on any atom is -0.385 e. The molecular weight excluding hydrogens is 158 g/mol. The average Bonchev–Trinajstić information content (AvgIpc) is 2.32. The summed E-state index contributed by atoms with van der Waals surface area (Å²) in [6.45, 7) is 5.62. The number of thiazole rings is 1. The summed E-state index contributed by atoms with van der Waals surface area (Å²) in [5.41, 5.74) is -0.731. The van der Waals surface area contributed by atoms with Gasteiger partial charge in [-0.3, -0.25) is 0 Å².